The summed E-state index contributed by atoms with van der Waals surface area (Å²) in [6.45, 7) is 7.36. The minimum atomic E-state index is -1.31. The number of alkyl carbamates (subject to hydrolysis) is 1. The largest absolute Gasteiger partial charge is 0.477 e. The van der Waals surface area contributed by atoms with Crippen LogP contribution in [0.15, 0.2) is 51.9 Å². The number of carbonyl (C=O) groups excluding carboxylic acids is 4. The van der Waals surface area contributed by atoms with E-state index in [0.717, 1.165) is 22.0 Å². The maximum atomic E-state index is 13.5. The first kappa shape index (κ1) is 39.9. The van der Waals surface area contributed by atoms with Gasteiger partial charge >= 0.3 is 18.0 Å². The van der Waals surface area contributed by atoms with Gasteiger partial charge in [-0.1, -0.05) is 47.2 Å². The van der Waals surface area contributed by atoms with Gasteiger partial charge in [-0.2, -0.15) is 9.36 Å². The van der Waals surface area contributed by atoms with Gasteiger partial charge in [0.2, 0.25) is 22.8 Å². The monoisotopic (exact) mass is 803 g/mol. The third kappa shape index (κ3) is 10.2. The van der Waals surface area contributed by atoms with E-state index in [1.165, 1.54) is 35.1 Å². The Hall–Kier alpha value is -5.29. The highest BCUT2D eigenvalue weighted by atomic mass is 32.2. The zero-order valence-corrected chi connectivity index (χ0v) is 31.9. The number of nitrogen functional groups attached to an aromatic ring is 1. The molecule has 0 aliphatic carbocycles. The van der Waals surface area contributed by atoms with E-state index in [9.17, 15) is 29.1 Å². The molecule has 5 N–H and O–H groups in total. The smallest absolute Gasteiger partial charge is 0.407 e. The zero-order valence-electron chi connectivity index (χ0n) is 29.5. The number of nitrogens with zero attached hydrogens (tertiary/aromatic N) is 8. The van der Waals surface area contributed by atoms with Gasteiger partial charge in [-0.25, -0.2) is 19.1 Å². The minimum Gasteiger partial charge on any atom is -0.477 e. The van der Waals surface area contributed by atoms with Crippen molar-refractivity contribution in [1.82, 2.24) is 45.1 Å². The number of esters is 1. The van der Waals surface area contributed by atoms with Crippen molar-refractivity contribution in [2.75, 3.05) is 23.8 Å². The van der Waals surface area contributed by atoms with Gasteiger partial charge in [-0.3, -0.25) is 14.5 Å². The molecule has 2 aliphatic rings. The number of rotatable bonds is 16. The standard InChI is InChI=1S/C31H37N11O9S3/c1-16(27(47)49-13-17-9-6-5-7-10-17)51-37-19(22-35-28(32)54-38-22)23(43)34-20-24(44)42-21(26(45)46)18(14-52-25(20)42)15-53-29-36-39-40-41(29)12-8-11-33-30(48)50-31(2,3)4/h5-7,9-10,16,20,25H,8,11-15H2,1-4H3,(H,33,48)(H,34,43)(H,45,46)(H2,32,35,38)/b37-19+/t16?,20?,25-/m1/s1. The van der Waals surface area contributed by atoms with Crippen molar-refractivity contribution in [1.29, 1.82) is 0 Å². The summed E-state index contributed by atoms with van der Waals surface area (Å²) in [7, 11) is 0. The number of aryl methyl sites for hydroxylation is 1. The van der Waals surface area contributed by atoms with E-state index in [-0.39, 0.29) is 34.8 Å². The summed E-state index contributed by atoms with van der Waals surface area (Å²) in [4.78, 5) is 74.2. The van der Waals surface area contributed by atoms with E-state index in [1.807, 2.05) is 6.07 Å². The average Bonchev–Trinajstić information content (AvgIpc) is 3.77. The van der Waals surface area contributed by atoms with E-state index in [0.29, 0.717) is 30.2 Å². The van der Waals surface area contributed by atoms with Crippen LogP contribution in [-0.4, -0.2) is 116 Å². The molecule has 3 atom stereocenters. The molecule has 3 amide bonds. The Labute approximate surface area is 320 Å². The number of hydrogen-bond acceptors (Lipinski definition) is 18. The fraction of sp³-hybridized carbons (Fsp3) is 0.452. The summed E-state index contributed by atoms with van der Waals surface area (Å²) in [6.07, 6.45) is -1.27. The van der Waals surface area contributed by atoms with Crippen LogP contribution in [0.3, 0.4) is 0 Å². The molecule has 2 aromatic heterocycles. The van der Waals surface area contributed by atoms with Gasteiger partial charge in [0.25, 0.3) is 11.8 Å². The molecule has 3 aromatic rings. The lowest BCUT2D eigenvalue weighted by molar-refractivity contribution is -0.157. The normalized spacial score (nSPS) is 17.6. The van der Waals surface area contributed by atoms with Crippen molar-refractivity contribution in [2.24, 2.45) is 5.16 Å². The van der Waals surface area contributed by atoms with Crippen LogP contribution < -0.4 is 16.4 Å². The molecule has 2 aliphatic heterocycles. The van der Waals surface area contributed by atoms with Crippen molar-refractivity contribution >= 4 is 75.7 Å². The van der Waals surface area contributed by atoms with Crippen LogP contribution in [0.1, 0.15) is 45.5 Å². The number of amides is 3. The number of tetrazole rings is 1. The molecule has 288 valence electrons. The topological polar surface area (TPSA) is 268 Å². The fourth-order valence-corrected chi connectivity index (χ4v) is 7.69. The van der Waals surface area contributed by atoms with Gasteiger partial charge in [0, 0.05) is 36.1 Å². The Balaban J connectivity index is 1.19. The van der Waals surface area contributed by atoms with Crippen LogP contribution in [0, 0.1) is 0 Å². The van der Waals surface area contributed by atoms with Gasteiger partial charge in [0.1, 0.15) is 29.3 Å². The third-order valence-electron chi connectivity index (χ3n) is 7.35. The molecule has 23 heteroatoms. The highest BCUT2D eigenvalue weighted by Gasteiger charge is 2.54. The molecule has 2 unspecified atom stereocenters. The van der Waals surface area contributed by atoms with Crippen LogP contribution in [-0.2, 0) is 46.6 Å². The Morgan fingerprint density at radius 2 is 1.96 bits per heavy atom. The fourth-order valence-electron chi connectivity index (χ4n) is 4.87. The van der Waals surface area contributed by atoms with E-state index in [2.05, 4.69) is 40.7 Å². The second-order valence-electron chi connectivity index (χ2n) is 12.6. The maximum Gasteiger partial charge on any atom is 0.407 e. The Morgan fingerprint density at radius 3 is 2.65 bits per heavy atom. The highest BCUT2D eigenvalue weighted by Crippen LogP contribution is 2.41. The number of thioether (sulfide) groups is 2. The Bertz CT molecular complexity index is 1930. The number of aromatic nitrogens is 6. The predicted molar refractivity (Wildman–Crippen MR) is 195 cm³/mol. The maximum absolute atomic E-state index is 13.5. The second-order valence-corrected chi connectivity index (χ2v) is 15.4. The number of carbonyl (C=O) groups is 5. The molecule has 5 rings (SSSR count). The molecule has 0 saturated carbocycles. The van der Waals surface area contributed by atoms with Crippen LogP contribution in [0.5, 0.6) is 0 Å². The van der Waals surface area contributed by atoms with Crippen molar-refractivity contribution in [2.45, 2.75) is 75.5 Å². The molecule has 1 saturated heterocycles. The molecule has 54 heavy (non-hydrogen) atoms. The zero-order chi connectivity index (χ0) is 39.0. The quantitative estimate of drug-likeness (QED) is 0.0398. The summed E-state index contributed by atoms with van der Waals surface area (Å²) in [5.74, 6) is -3.44. The predicted octanol–water partition coefficient (Wildman–Crippen LogP) is 1.41. The van der Waals surface area contributed by atoms with Crippen LogP contribution >= 0.6 is 35.1 Å². The lowest BCUT2D eigenvalue weighted by Crippen LogP contribution is -2.71. The van der Waals surface area contributed by atoms with Crippen LogP contribution in [0.4, 0.5) is 9.93 Å². The lowest BCUT2D eigenvalue weighted by atomic mass is 10.0. The van der Waals surface area contributed by atoms with Crippen molar-refractivity contribution in [3.8, 4) is 0 Å². The molecule has 0 spiro atoms. The number of β-lactam (4-membered cyclic amide) rings is 1. The number of aliphatic carboxylic acids is 1. The molecule has 0 radical (unpaired) electrons. The average molecular weight is 804 g/mol. The van der Waals surface area contributed by atoms with Gasteiger partial charge in [0.15, 0.2) is 5.13 Å². The van der Waals surface area contributed by atoms with Crippen molar-refractivity contribution in [3.05, 3.63) is 53.0 Å². The summed E-state index contributed by atoms with van der Waals surface area (Å²) >= 11 is 3.25. The first-order chi connectivity index (χ1) is 25.7. The minimum absolute atomic E-state index is 0.00338. The number of nitrogens with two attached hydrogens (primary N) is 1. The molecule has 4 heterocycles. The van der Waals surface area contributed by atoms with Crippen LogP contribution in [0.2, 0.25) is 0 Å². The first-order valence-corrected chi connectivity index (χ1v) is 19.1. The van der Waals surface area contributed by atoms with Gasteiger partial charge in [-0.05, 0) is 55.7 Å². The van der Waals surface area contributed by atoms with Gasteiger partial charge < -0.3 is 35.8 Å². The van der Waals surface area contributed by atoms with Crippen LogP contribution in [0.25, 0.3) is 0 Å². The highest BCUT2D eigenvalue weighted by molar-refractivity contribution is 8.01. The van der Waals surface area contributed by atoms with E-state index < -0.39 is 58.7 Å². The first-order valence-electron chi connectivity index (χ1n) is 16.3. The van der Waals surface area contributed by atoms with E-state index in [4.69, 9.17) is 20.0 Å². The number of fused-ring (bicyclic) bond motifs is 1. The van der Waals surface area contributed by atoms with Gasteiger partial charge in [-0.15, -0.1) is 16.9 Å². The summed E-state index contributed by atoms with van der Waals surface area (Å²) in [5, 5.41) is 30.6. The number of carboxylic acid groups (broad SMARTS) is 1. The number of oxime groups is 1. The molecule has 20 nitrogen and oxygen atoms in total. The number of anilines is 1. The summed E-state index contributed by atoms with van der Waals surface area (Å²) < 4.78 is 16.0. The molecule has 1 fully saturated rings. The molecule has 1 aromatic carbocycles. The Morgan fingerprint density at radius 1 is 1.20 bits per heavy atom. The number of carboxylic acids is 1. The van der Waals surface area contributed by atoms with E-state index >= 15 is 0 Å². The molecular formula is C31H37N11O9S3. The second kappa shape index (κ2) is 17.7. The number of ether oxygens (including phenoxy) is 2. The Kier molecular flexibility index (Phi) is 13.1. The number of benzene rings is 1. The molecular weight excluding hydrogens is 767 g/mol. The SMILES string of the molecule is CC(O/N=C(/C(=O)NC1C(=O)N2C(C(=O)O)=C(CSc3nnnn3CCCNC(=O)OC(C)(C)C)CS[C@H]12)c1nsc(N)n1)C(=O)OCc1ccccc1. The summed E-state index contributed by atoms with van der Waals surface area (Å²) in [6, 6.07) is 7.87. The summed E-state index contributed by atoms with van der Waals surface area (Å²) in [5.41, 5.74) is 5.67. The lowest BCUT2D eigenvalue weighted by Gasteiger charge is -2.49. The van der Waals surface area contributed by atoms with E-state index in [1.54, 1.807) is 45.0 Å². The van der Waals surface area contributed by atoms with Gasteiger partial charge in [0.05, 0.1) is 0 Å². The third-order valence-corrected chi connectivity index (χ3v) is 10.3. The van der Waals surface area contributed by atoms with Crippen molar-refractivity contribution < 1.29 is 43.4 Å². The number of nitrogens with one attached hydrogen (secondary N) is 2. The van der Waals surface area contributed by atoms with Crippen molar-refractivity contribution in [3.63, 3.8) is 0 Å². The number of hydrogen-bond donors (Lipinski definition) is 4. The molecule has 0 bridgehead atoms.